The maximum atomic E-state index is 3.80. The lowest BCUT2D eigenvalue weighted by atomic mass is 10.2. The highest BCUT2D eigenvalue weighted by molar-refractivity contribution is 4.85. The molecule has 0 fully saturated rings. The Bertz CT molecular complexity index is 142. The van der Waals surface area contributed by atoms with Gasteiger partial charge in [-0.05, 0) is 38.5 Å². The smallest absolute Gasteiger partial charge is 0.0348 e. The quantitative estimate of drug-likeness (QED) is 0.354. The molecule has 0 aliphatic rings. The first-order valence-electron chi connectivity index (χ1n) is 6.01. The second-order valence-corrected chi connectivity index (χ2v) is 3.66. The predicted molar refractivity (Wildman–Crippen MR) is 66.2 cm³/mol. The van der Waals surface area contributed by atoms with E-state index in [1.54, 1.807) is 0 Å². The zero-order chi connectivity index (χ0) is 10.5. The van der Waals surface area contributed by atoms with Crippen LogP contribution in [0.2, 0.25) is 0 Å². The Morgan fingerprint density at radius 1 is 0.786 bits per heavy atom. The number of hydrogen-bond acceptors (Lipinski definition) is 0. The van der Waals surface area contributed by atoms with Gasteiger partial charge < -0.3 is 0 Å². The molecule has 0 unspecified atom stereocenters. The average molecular weight is 193 g/mol. The molecule has 0 aromatic rings. The van der Waals surface area contributed by atoms with Crippen LogP contribution in [0.25, 0.3) is 0 Å². The molecule has 0 spiro atoms. The molecule has 0 aliphatic carbocycles. The second kappa shape index (κ2) is 12.5. The zero-order valence-electron chi connectivity index (χ0n) is 9.67. The minimum Gasteiger partial charge on any atom is -0.0885 e. The predicted octanol–water partition coefficient (Wildman–Crippen LogP) is 5.07. The molecule has 0 bridgehead atoms. The fourth-order valence-electron chi connectivity index (χ4n) is 1.26. The highest BCUT2D eigenvalue weighted by atomic mass is 13.9. The summed E-state index contributed by atoms with van der Waals surface area (Å²) in [7, 11) is 0. The van der Waals surface area contributed by atoms with Crippen molar-refractivity contribution in [1.29, 1.82) is 0 Å². The summed E-state index contributed by atoms with van der Waals surface area (Å²) in [6, 6.07) is 0. The summed E-state index contributed by atoms with van der Waals surface area (Å²) >= 11 is 0. The minimum absolute atomic E-state index is 1.02. The number of rotatable bonds is 9. The summed E-state index contributed by atoms with van der Waals surface area (Å²) < 4.78 is 0. The Morgan fingerprint density at radius 2 is 1.29 bits per heavy atom. The summed E-state index contributed by atoms with van der Waals surface area (Å²) in [5.74, 6) is 0. The van der Waals surface area contributed by atoms with Crippen molar-refractivity contribution in [2.75, 3.05) is 0 Å². The fourth-order valence-corrected chi connectivity index (χ4v) is 1.26. The van der Waals surface area contributed by atoms with E-state index in [2.05, 4.69) is 38.2 Å². The molecule has 0 heterocycles. The molecule has 0 heteroatoms. The third-order valence-corrected chi connectivity index (χ3v) is 2.17. The molecular weight excluding hydrogens is 168 g/mol. The minimum atomic E-state index is 1.02. The molecule has 0 N–H and O–H groups in total. The van der Waals surface area contributed by atoms with Crippen molar-refractivity contribution in [3.05, 3.63) is 31.2 Å². The van der Waals surface area contributed by atoms with E-state index in [0.29, 0.717) is 0 Å². The Balaban J connectivity index is 3.08. The zero-order valence-corrected chi connectivity index (χ0v) is 9.67. The van der Waals surface area contributed by atoms with E-state index in [0.717, 1.165) is 12.8 Å². The van der Waals surface area contributed by atoms with E-state index < -0.39 is 0 Å². The van der Waals surface area contributed by atoms with Gasteiger partial charge in [0.1, 0.15) is 0 Å². The van der Waals surface area contributed by atoms with Crippen LogP contribution in [-0.4, -0.2) is 0 Å². The second-order valence-electron chi connectivity index (χ2n) is 3.66. The van der Waals surface area contributed by atoms with Crippen LogP contribution in [0, 0.1) is 6.92 Å². The summed E-state index contributed by atoms with van der Waals surface area (Å²) in [4.78, 5) is 0. The van der Waals surface area contributed by atoms with Crippen LogP contribution in [0.3, 0.4) is 0 Å². The molecule has 0 saturated carbocycles. The van der Waals surface area contributed by atoms with Crippen molar-refractivity contribution >= 4 is 0 Å². The fraction of sp³-hybridized carbons (Fsp3) is 0.643. The van der Waals surface area contributed by atoms with Gasteiger partial charge in [-0.3, -0.25) is 0 Å². The maximum absolute atomic E-state index is 3.80. The number of unbranched alkanes of at least 4 members (excludes halogenated alkanes) is 5. The number of hydrogen-bond donors (Lipinski definition) is 0. The normalized spacial score (nSPS) is 11.9. The molecule has 0 atom stereocenters. The third-order valence-electron chi connectivity index (χ3n) is 2.17. The molecule has 1 radical (unpaired) electrons. The summed E-state index contributed by atoms with van der Waals surface area (Å²) in [5.41, 5.74) is 0. The average Bonchev–Trinajstić information content (AvgIpc) is 2.21. The van der Waals surface area contributed by atoms with Crippen LogP contribution in [0.1, 0.15) is 58.3 Å². The van der Waals surface area contributed by atoms with E-state index in [1.807, 2.05) is 0 Å². The Morgan fingerprint density at radius 3 is 1.79 bits per heavy atom. The van der Waals surface area contributed by atoms with Gasteiger partial charge in [0, 0.05) is 0 Å². The van der Waals surface area contributed by atoms with Crippen LogP contribution in [0.15, 0.2) is 24.3 Å². The molecule has 0 saturated heterocycles. The van der Waals surface area contributed by atoms with Crippen molar-refractivity contribution in [1.82, 2.24) is 0 Å². The Kier molecular flexibility index (Phi) is 12.0. The maximum Gasteiger partial charge on any atom is -0.0348 e. The summed E-state index contributed by atoms with van der Waals surface area (Å²) in [6.45, 7) is 6.04. The largest absolute Gasteiger partial charge is 0.0885 e. The molecule has 81 valence electrons. The van der Waals surface area contributed by atoms with Crippen LogP contribution in [0.5, 0.6) is 0 Å². The lowest BCUT2D eigenvalue weighted by Gasteiger charge is -1.91. The van der Waals surface area contributed by atoms with E-state index in [1.165, 1.54) is 38.5 Å². The van der Waals surface area contributed by atoms with Crippen molar-refractivity contribution in [3.8, 4) is 0 Å². The van der Waals surface area contributed by atoms with Crippen LogP contribution >= 0.6 is 0 Å². The van der Waals surface area contributed by atoms with Crippen molar-refractivity contribution in [2.24, 2.45) is 0 Å². The molecule has 14 heavy (non-hydrogen) atoms. The molecule has 0 rings (SSSR count). The highest BCUT2D eigenvalue weighted by Gasteiger charge is 1.81. The first-order chi connectivity index (χ1) is 6.91. The first-order valence-corrected chi connectivity index (χ1v) is 6.01. The van der Waals surface area contributed by atoms with E-state index in [4.69, 9.17) is 0 Å². The SMILES string of the molecule is [CH2]CC/C=C/CCC/C=C/CCCC. The molecular formula is C14H25. The summed E-state index contributed by atoms with van der Waals surface area (Å²) in [6.07, 6.45) is 19.0. The first kappa shape index (κ1) is 13.5. The van der Waals surface area contributed by atoms with Gasteiger partial charge in [0.25, 0.3) is 0 Å². The topological polar surface area (TPSA) is 0 Å². The van der Waals surface area contributed by atoms with Gasteiger partial charge in [-0.1, -0.05) is 51.0 Å². The standard InChI is InChI=1S/C14H25/c1-3-5-7-9-11-13-14-12-10-8-6-4-2/h7,9-10,12H,1,3-6,8,11,13-14H2,2H3/b9-7+,12-10+. The van der Waals surface area contributed by atoms with Gasteiger partial charge in [-0.15, -0.1) is 0 Å². The molecule has 0 aromatic heterocycles. The molecule has 0 nitrogen and oxygen atoms in total. The van der Waals surface area contributed by atoms with Crippen molar-refractivity contribution < 1.29 is 0 Å². The summed E-state index contributed by atoms with van der Waals surface area (Å²) in [5, 5.41) is 0. The number of allylic oxidation sites excluding steroid dienone is 4. The highest BCUT2D eigenvalue weighted by Crippen LogP contribution is 2.01. The van der Waals surface area contributed by atoms with Gasteiger partial charge in [0.2, 0.25) is 0 Å². The Hall–Kier alpha value is -0.520. The molecule has 0 aromatic carbocycles. The van der Waals surface area contributed by atoms with Gasteiger partial charge in [-0.25, -0.2) is 0 Å². The Labute approximate surface area is 90.1 Å². The van der Waals surface area contributed by atoms with Gasteiger partial charge in [0.15, 0.2) is 0 Å². The van der Waals surface area contributed by atoms with E-state index in [-0.39, 0.29) is 0 Å². The van der Waals surface area contributed by atoms with E-state index >= 15 is 0 Å². The monoisotopic (exact) mass is 193 g/mol. The molecule has 0 aliphatic heterocycles. The van der Waals surface area contributed by atoms with Gasteiger partial charge in [-0.2, -0.15) is 0 Å². The van der Waals surface area contributed by atoms with Gasteiger partial charge >= 0.3 is 0 Å². The van der Waals surface area contributed by atoms with Crippen LogP contribution in [0.4, 0.5) is 0 Å². The van der Waals surface area contributed by atoms with E-state index in [9.17, 15) is 0 Å². The third kappa shape index (κ3) is 11.5. The molecule has 0 amide bonds. The van der Waals surface area contributed by atoms with Gasteiger partial charge in [0.05, 0.1) is 0 Å². The lowest BCUT2D eigenvalue weighted by molar-refractivity contribution is 0.805. The van der Waals surface area contributed by atoms with Crippen LogP contribution < -0.4 is 0 Å². The van der Waals surface area contributed by atoms with Crippen LogP contribution in [-0.2, 0) is 0 Å². The van der Waals surface area contributed by atoms with Crippen molar-refractivity contribution in [2.45, 2.75) is 58.3 Å². The lowest BCUT2D eigenvalue weighted by Crippen LogP contribution is -1.71. The van der Waals surface area contributed by atoms with Crippen molar-refractivity contribution in [3.63, 3.8) is 0 Å².